The zero-order chi connectivity index (χ0) is 21.1. The van der Waals surface area contributed by atoms with Gasteiger partial charge in [-0.05, 0) is 36.4 Å². The van der Waals surface area contributed by atoms with Gasteiger partial charge in [-0.25, -0.2) is 8.42 Å². The molecule has 6 nitrogen and oxygen atoms in total. The maximum atomic E-state index is 12.7. The van der Waals surface area contributed by atoms with Crippen LogP contribution in [0.15, 0.2) is 59.5 Å². The third kappa shape index (κ3) is 5.34. The summed E-state index contributed by atoms with van der Waals surface area (Å²) < 4.78 is 64.5. The lowest BCUT2D eigenvalue weighted by Crippen LogP contribution is -2.50. The van der Waals surface area contributed by atoms with Crippen LogP contribution in [0.2, 0.25) is 0 Å². The van der Waals surface area contributed by atoms with Crippen molar-refractivity contribution < 1.29 is 26.4 Å². The summed E-state index contributed by atoms with van der Waals surface area (Å²) in [4.78, 5) is 13.8. The van der Waals surface area contributed by atoms with E-state index in [1.807, 2.05) is 11.0 Å². The Balaban J connectivity index is 1.56. The monoisotopic (exact) mass is 427 g/mol. The first kappa shape index (κ1) is 21.3. The first-order chi connectivity index (χ1) is 13.7. The van der Waals surface area contributed by atoms with Gasteiger partial charge in [0.15, 0.2) is 0 Å². The van der Waals surface area contributed by atoms with E-state index in [-0.39, 0.29) is 30.4 Å². The molecule has 10 heteroatoms. The highest BCUT2D eigenvalue weighted by Crippen LogP contribution is 2.30. The molecule has 1 aliphatic rings. The fraction of sp³-hybridized carbons (Fsp3) is 0.316. The summed E-state index contributed by atoms with van der Waals surface area (Å²) in [6.07, 6.45) is -4.52. The number of hydrogen-bond acceptors (Lipinski definition) is 4. The molecule has 2 aromatic carbocycles. The van der Waals surface area contributed by atoms with Crippen molar-refractivity contribution in [1.82, 2.24) is 9.21 Å². The first-order valence-corrected chi connectivity index (χ1v) is 10.3. The first-order valence-electron chi connectivity index (χ1n) is 8.91. The van der Waals surface area contributed by atoms with Gasteiger partial charge in [0.2, 0.25) is 15.9 Å². The Morgan fingerprint density at radius 3 is 2.07 bits per heavy atom. The summed E-state index contributed by atoms with van der Waals surface area (Å²) in [5, 5.41) is 2.77. The second-order valence-corrected chi connectivity index (χ2v) is 8.55. The molecule has 0 spiro atoms. The van der Waals surface area contributed by atoms with Crippen LogP contribution in [0.4, 0.5) is 18.9 Å². The van der Waals surface area contributed by atoms with E-state index >= 15 is 0 Å². The van der Waals surface area contributed by atoms with E-state index in [0.29, 0.717) is 18.8 Å². The number of nitrogens with one attached hydrogen (secondary N) is 1. The Bertz CT molecular complexity index is 940. The topological polar surface area (TPSA) is 69.7 Å². The molecule has 1 saturated heterocycles. The van der Waals surface area contributed by atoms with Crippen molar-refractivity contribution in [1.29, 1.82) is 0 Å². The minimum Gasteiger partial charge on any atom is -0.325 e. The molecule has 0 aliphatic carbocycles. The SMILES string of the molecule is O=C(CN1CCN(S(=O)(=O)c2ccc(C(F)(F)F)cc2)CC1)Nc1ccccc1. The van der Waals surface area contributed by atoms with Crippen molar-refractivity contribution in [2.24, 2.45) is 0 Å². The van der Waals surface area contributed by atoms with Crippen molar-refractivity contribution >= 4 is 21.6 Å². The highest BCUT2D eigenvalue weighted by atomic mass is 32.2. The van der Waals surface area contributed by atoms with Gasteiger partial charge in [0.05, 0.1) is 17.0 Å². The fourth-order valence-electron chi connectivity index (χ4n) is 3.02. The zero-order valence-electron chi connectivity index (χ0n) is 15.4. The van der Waals surface area contributed by atoms with Gasteiger partial charge in [-0.1, -0.05) is 18.2 Å². The summed E-state index contributed by atoms with van der Waals surface area (Å²) >= 11 is 0. The summed E-state index contributed by atoms with van der Waals surface area (Å²) in [6, 6.07) is 12.5. The number of hydrogen-bond donors (Lipinski definition) is 1. The van der Waals surface area contributed by atoms with E-state index in [2.05, 4.69) is 5.32 Å². The van der Waals surface area contributed by atoms with Gasteiger partial charge < -0.3 is 5.32 Å². The molecule has 3 rings (SSSR count). The van der Waals surface area contributed by atoms with Crippen LogP contribution in [-0.4, -0.2) is 56.3 Å². The number of carbonyl (C=O) groups is 1. The molecule has 29 heavy (non-hydrogen) atoms. The molecule has 156 valence electrons. The van der Waals surface area contributed by atoms with Crippen LogP contribution in [0, 0.1) is 0 Å². The second-order valence-electron chi connectivity index (χ2n) is 6.62. The number of sulfonamides is 1. The number of nitrogens with zero attached hydrogens (tertiary/aromatic N) is 2. The Hall–Kier alpha value is -2.43. The number of anilines is 1. The molecule has 1 N–H and O–H groups in total. The summed E-state index contributed by atoms with van der Waals surface area (Å²) in [7, 11) is -3.89. The maximum Gasteiger partial charge on any atom is 0.416 e. The summed E-state index contributed by atoms with van der Waals surface area (Å²) in [5.74, 6) is -0.199. The minimum absolute atomic E-state index is 0.128. The predicted octanol–water partition coefficient (Wildman–Crippen LogP) is 2.65. The molecule has 0 saturated carbocycles. The number of benzene rings is 2. The van der Waals surface area contributed by atoms with Crippen molar-refractivity contribution in [2.75, 3.05) is 38.0 Å². The second kappa shape index (κ2) is 8.52. The third-order valence-corrected chi connectivity index (χ3v) is 6.49. The van der Waals surface area contributed by atoms with Gasteiger partial charge in [0, 0.05) is 31.9 Å². The van der Waals surface area contributed by atoms with Crippen LogP contribution in [0.25, 0.3) is 0 Å². The van der Waals surface area contributed by atoms with Crippen molar-refractivity contribution in [3.63, 3.8) is 0 Å². The lowest BCUT2D eigenvalue weighted by molar-refractivity contribution is -0.137. The molecule has 0 radical (unpaired) electrons. The standard InChI is InChI=1S/C19H20F3N3O3S/c20-19(21,22)15-6-8-17(9-7-15)29(27,28)25-12-10-24(11-13-25)14-18(26)23-16-4-2-1-3-5-16/h1-9H,10-14H2,(H,23,26). The Labute approximate surface area is 167 Å². The van der Waals surface area contributed by atoms with E-state index < -0.39 is 21.8 Å². The molecule has 2 aromatic rings. The molecule has 1 aliphatic heterocycles. The van der Waals surface area contributed by atoms with Gasteiger partial charge in [-0.3, -0.25) is 9.69 Å². The number of carbonyl (C=O) groups excluding carboxylic acids is 1. The Morgan fingerprint density at radius 1 is 0.931 bits per heavy atom. The number of alkyl halides is 3. The highest BCUT2D eigenvalue weighted by molar-refractivity contribution is 7.89. The molecule has 1 fully saturated rings. The van der Waals surface area contributed by atoms with Gasteiger partial charge in [0.1, 0.15) is 0 Å². The quantitative estimate of drug-likeness (QED) is 0.797. The van der Waals surface area contributed by atoms with Crippen LogP contribution >= 0.6 is 0 Å². The van der Waals surface area contributed by atoms with Crippen LogP contribution in [0.1, 0.15) is 5.56 Å². The average Bonchev–Trinajstić information content (AvgIpc) is 2.68. The van der Waals surface area contributed by atoms with Gasteiger partial charge >= 0.3 is 6.18 Å². The largest absolute Gasteiger partial charge is 0.416 e. The summed E-state index contributed by atoms with van der Waals surface area (Å²) in [6.45, 7) is 1.14. The molecule has 0 aromatic heterocycles. The predicted molar refractivity (Wildman–Crippen MR) is 102 cm³/mol. The normalized spacial score (nSPS) is 16.5. The van der Waals surface area contributed by atoms with E-state index in [1.54, 1.807) is 24.3 Å². The van der Waals surface area contributed by atoms with E-state index in [0.717, 1.165) is 24.3 Å². The Kier molecular flexibility index (Phi) is 6.25. The van der Waals surface area contributed by atoms with E-state index in [1.165, 1.54) is 4.31 Å². The third-order valence-electron chi connectivity index (χ3n) is 4.58. The molecular weight excluding hydrogens is 407 g/mol. The van der Waals surface area contributed by atoms with E-state index in [9.17, 15) is 26.4 Å². The number of amides is 1. The zero-order valence-corrected chi connectivity index (χ0v) is 16.2. The Morgan fingerprint density at radius 2 is 1.52 bits per heavy atom. The fourth-order valence-corrected chi connectivity index (χ4v) is 4.44. The molecule has 1 heterocycles. The molecule has 1 amide bonds. The van der Waals surface area contributed by atoms with Crippen molar-refractivity contribution in [3.8, 4) is 0 Å². The van der Waals surface area contributed by atoms with Crippen molar-refractivity contribution in [2.45, 2.75) is 11.1 Å². The number of halogens is 3. The van der Waals surface area contributed by atoms with Crippen LogP contribution in [0.5, 0.6) is 0 Å². The number of para-hydroxylation sites is 1. The lowest BCUT2D eigenvalue weighted by Gasteiger charge is -2.33. The smallest absolute Gasteiger partial charge is 0.325 e. The van der Waals surface area contributed by atoms with Crippen LogP contribution in [-0.2, 0) is 21.0 Å². The number of rotatable bonds is 5. The molecule has 0 unspecified atom stereocenters. The molecule has 0 atom stereocenters. The molecule has 0 bridgehead atoms. The van der Waals surface area contributed by atoms with E-state index in [4.69, 9.17) is 0 Å². The van der Waals surface area contributed by atoms with Crippen molar-refractivity contribution in [3.05, 3.63) is 60.2 Å². The average molecular weight is 427 g/mol. The highest BCUT2D eigenvalue weighted by Gasteiger charge is 2.32. The van der Waals surface area contributed by atoms with Crippen LogP contribution in [0.3, 0.4) is 0 Å². The van der Waals surface area contributed by atoms with Crippen LogP contribution < -0.4 is 5.32 Å². The van der Waals surface area contributed by atoms with Gasteiger partial charge in [-0.2, -0.15) is 17.5 Å². The van der Waals surface area contributed by atoms with Gasteiger partial charge in [0.25, 0.3) is 0 Å². The minimum atomic E-state index is -4.52. The maximum absolute atomic E-state index is 12.7. The lowest BCUT2D eigenvalue weighted by atomic mass is 10.2. The number of piperazine rings is 1. The van der Waals surface area contributed by atoms with Gasteiger partial charge in [-0.15, -0.1) is 0 Å². The molecular formula is C19H20F3N3O3S. The summed E-state index contributed by atoms with van der Waals surface area (Å²) in [5.41, 5.74) is -0.216.